The molecule has 1 aliphatic heterocycles. The van der Waals surface area contributed by atoms with Gasteiger partial charge in [0, 0.05) is 46.8 Å². The first kappa shape index (κ1) is 19.2. The van der Waals surface area contributed by atoms with E-state index in [-0.39, 0.29) is 0 Å². The average Bonchev–Trinajstić information content (AvgIpc) is 2.55. The number of rotatable bonds is 7. The topological polar surface area (TPSA) is 53.1 Å². The molecule has 0 aromatic heterocycles. The summed E-state index contributed by atoms with van der Waals surface area (Å²) in [5, 5.41) is 0. The second kappa shape index (κ2) is 8.29. The molecule has 1 aromatic carbocycles. The summed E-state index contributed by atoms with van der Waals surface area (Å²) in [6.07, 6.45) is 0.938. The summed E-state index contributed by atoms with van der Waals surface area (Å²) in [6, 6.07) is 6.16. The quantitative estimate of drug-likeness (QED) is 0.696. The third-order valence-electron chi connectivity index (χ3n) is 4.48. The number of aryl methyl sites for hydroxylation is 2. The van der Waals surface area contributed by atoms with E-state index in [0.29, 0.717) is 19.7 Å². The van der Waals surface area contributed by atoms with Crippen LogP contribution in [0.3, 0.4) is 0 Å². The molecular weight excluding hydrogens is 326 g/mol. The van der Waals surface area contributed by atoms with Gasteiger partial charge in [0.2, 0.25) is 0 Å². The van der Waals surface area contributed by atoms with Crippen molar-refractivity contribution in [2.45, 2.75) is 20.3 Å². The molecule has 1 saturated heterocycles. The van der Waals surface area contributed by atoms with Crippen LogP contribution >= 0.6 is 0 Å². The predicted octanol–water partition coefficient (Wildman–Crippen LogP) is 1.50. The fraction of sp³-hybridized carbons (Fsp3) is 0.647. The van der Waals surface area contributed by atoms with E-state index in [0.717, 1.165) is 31.8 Å². The Hall–Kier alpha value is -1.15. The molecule has 136 valence electrons. The van der Waals surface area contributed by atoms with E-state index in [9.17, 15) is 8.42 Å². The predicted molar refractivity (Wildman–Crippen MR) is 96.6 cm³/mol. The Labute approximate surface area is 146 Å². The molecule has 0 spiro atoms. The first-order valence-corrected chi connectivity index (χ1v) is 9.80. The molecule has 0 atom stereocenters. The van der Waals surface area contributed by atoms with Crippen molar-refractivity contribution in [3.63, 3.8) is 0 Å². The van der Waals surface area contributed by atoms with Gasteiger partial charge in [0.05, 0.1) is 6.61 Å². The second-order valence-corrected chi connectivity index (χ2v) is 8.62. The van der Waals surface area contributed by atoms with E-state index < -0.39 is 10.2 Å². The molecule has 1 fully saturated rings. The Morgan fingerprint density at radius 3 is 2.33 bits per heavy atom. The highest BCUT2D eigenvalue weighted by molar-refractivity contribution is 7.86. The largest absolute Gasteiger partial charge is 0.494 e. The van der Waals surface area contributed by atoms with Crippen LogP contribution in [0.15, 0.2) is 18.2 Å². The third kappa shape index (κ3) is 4.92. The molecule has 1 heterocycles. The van der Waals surface area contributed by atoms with Crippen molar-refractivity contribution in [2.24, 2.45) is 0 Å². The summed E-state index contributed by atoms with van der Waals surface area (Å²) >= 11 is 0. The van der Waals surface area contributed by atoms with Gasteiger partial charge in [-0.2, -0.15) is 17.0 Å². The van der Waals surface area contributed by atoms with Gasteiger partial charge in [-0.25, -0.2) is 0 Å². The SMILES string of the molecule is Cc1ccc(OCCCN2CCN(S(=O)(=O)N(C)C)CC2)cc1C. The highest BCUT2D eigenvalue weighted by Gasteiger charge is 2.28. The van der Waals surface area contributed by atoms with E-state index >= 15 is 0 Å². The second-order valence-electron chi connectivity index (χ2n) is 6.48. The molecule has 0 N–H and O–H groups in total. The summed E-state index contributed by atoms with van der Waals surface area (Å²) in [4.78, 5) is 2.30. The van der Waals surface area contributed by atoms with E-state index in [1.54, 1.807) is 18.4 Å². The van der Waals surface area contributed by atoms with Gasteiger partial charge in [0.25, 0.3) is 10.2 Å². The van der Waals surface area contributed by atoms with Crippen LogP contribution in [0.2, 0.25) is 0 Å². The van der Waals surface area contributed by atoms with Crippen LogP contribution in [0, 0.1) is 13.8 Å². The Morgan fingerprint density at radius 1 is 1.08 bits per heavy atom. The number of ether oxygens (including phenoxy) is 1. The molecule has 24 heavy (non-hydrogen) atoms. The fourth-order valence-electron chi connectivity index (χ4n) is 2.70. The summed E-state index contributed by atoms with van der Waals surface area (Å²) in [5.74, 6) is 0.917. The molecule has 1 aliphatic rings. The Bertz CT molecular complexity index is 638. The smallest absolute Gasteiger partial charge is 0.281 e. The molecule has 0 radical (unpaired) electrons. The van der Waals surface area contributed by atoms with Crippen molar-refractivity contribution >= 4 is 10.2 Å². The van der Waals surface area contributed by atoms with Gasteiger partial charge in [-0.15, -0.1) is 0 Å². The third-order valence-corrected chi connectivity index (χ3v) is 6.43. The highest BCUT2D eigenvalue weighted by atomic mass is 32.2. The number of nitrogens with zero attached hydrogens (tertiary/aromatic N) is 3. The molecule has 7 heteroatoms. The summed E-state index contributed by atoms with van der Waals surface area (Å²) < 4.78 is 32.8. The van der Waals surface area contributed by atoms with Crippen LogP contribution in [0.4, 0.5) is 0 Å². The first-order chi connectivity index (χ1) is 11.3. The van der Waals surface area contributed by atoms with Gasteiger partial charge >= 0.3 is 0 Å². The van der Waals surface area contributed by atoms with Gasteiger partial charge in [-0.1, -0.05) is 6.07 Å². The molecule has 1 aromatic rings. The number of piperazine rings is 1. The molecule has 0 amide bonds. The van der Waals surface area contributed by atoms with E-state index in [2.05, 4.69) is 30.9 Å². The fourth-order valence-corrected chi connectivity index (χ4v) is 3.78. The maximum Gasteiger partial charge on any atom is 0.281 e. The number of hydrogen-bond donors (Lipinski definition) is 0. The lowest BCUT2D eigenvalue weighted by molar-refractivity contribution is 0.171. The number of hydrogen-bond acceptors (Lipinski definition) is 4. The van der Waals surface area contributed by atoms with Gasteiger partial charge in [0.15, 0.2) is 0 Å². The maximum atomic E-state index is 12.1. The lowest BCUT2D eigenvalue weighted by Gasteiger charge is -2.35. The van der Waals surface area contributed by atoms with Gasteiger partial charge < -0.3 is 9.64 Å². The average molecular weight is 356 g/mol. The Balaban J connectivity index is 1.69. The lowest BCUT2D eigenvalue weighted by Crippen LogP contribution is -2.51. The van der Waals surface area contributed by atoms with E-state index in [4.69, 9.17) is 4.74 Å². The first-order valence-electron chi connectivity index (χ1n) is 8.40. The van der Waals surface area contributed by atoms with Gasteiger partial charge in [-0.3, -0.25) is 0 Å². The van der Waals surface area contributed by atoms with Gasteiger partial charge in [0.1, 0.15) is 5.75 Å². The van der Waals surface area contributed by atoms with Crippen molar-refractivity contribution in [1.29, 1.82) is 0 Å². The molecular formula is C17H29N3O3S. The van der Waals surface area contributed by atoms with Gasteiger partial charge in [-0.05, 0) is 43.5 Å². The standard InChI is InChI=1S/C17H29N3O3S/c1-15-6-7-17(14-16(15)2)23-13-5-8-19-9-11-20(12-10-19)24(21,22)18(3)4/h6-7,14H,5,8-13H2,1-4H3. The van der Waals surface area contributed by atoms with Crippen LogP contribution in [0.1, 0.15) is 17.5 Å². The molecule has 0 saturated carbocycles. The molecule has 2 rings (SSSR count). The van der Waals surface area contributed by atoms with Crippen molar-refractivity contribution in [1.82, 2.24) is 13.5 Å². The summed E-state index contributed by atoms with van der Waals surface area (Å²) in [5.41, 5.74) is 2.51. The summed E-state index contributed by atoms with van der Waals surface area (Å²) in [6.45, 7) is 8.45. The molecule has 0 aliphatic carbocycles. The van der Waals surface area contributed by atoms with Crippen LogP contribution in [-0.2, 0) is 10.2 Å². The zero-order valence-electron chi connectivity index (χ0n) is 15.2. The van der Waals surface area contributed by atoms with E-state index in [1.807, 2.05) is 6.07 Å². The maximum absolute atomic E-state index is 12.1. The Kier molecular flexibility index (Phi) is 6.62. The van der Waals surface area contributed by atoms with Crippen LogP contribution in [-0.4, -0.2) is 75.4 Å². The minimum Gasteiger partial charge on any atom is -0.494 e. The van der Waals surface area contributed by atoms with Crippen molar-refractivity contribution in [3.05, 3.63) is 29.3 Å². The minimum atomic E-state index is -3.28. The lowest BCUT2D eigenvalue weighted by atomic mass is 10.1. The number of benzene rings is 1. The Morgan fingerprint density at radius 2 is 1.75 bits per heavy atom. The minimum absolute atomic E-state index is 0.554. The summed E-state index contributed by atoms with van der Waals surface area (Å²) in [7, 11) is -0.126. The van der Waals surface area contributed by atoms with Crippen molar-refractivity contribution in [3.8, 4) is 5.75 Å². The molecule has 0 bridgehead atoms. The van der Waals surface area contributed by atoms with E-state index in [1.165, 1.54) is 15.4 Å². The zero-order valence-corrected chi connectivity index (χ0v) is 16.0. The highest BCUT2D eigenvalue weighted by Crippen LogP contribution is 2.16. The zero-order chi connectivity index (χ0) is 17.7. The molecule has 0 unspecified atom stereocenters. The van der Waals surface area contributed by atoms with Crippen molar-refractivity contribution < 1.29 is 13.2 Å². The normalized spacial score (nSPS) is 17.4. The van der Waals surface area contributed by atoms with Crippen LogP contribution in [0.25, 0.3) is 0 Å². The van der Waals surface area contributed by atoms with Crippen LogP contribution in [0.5, 0.6) is 5.75 Å². The van der Waals surface area contributed by atoms with Crippen LogP contribution < -0.4 is 4.74 Å². The monoisotopic (exact) mass is 355 g/mol. The van der Waals surface area contributed by atoms with Crippen molar-refractivity contribution in [2.75, 3.05) is 53.4 Å². The molecule has 6 nitrogen and oxygen atoms in total.